The molecule has 2 aromatic carbocycles. The lowest BCUT2D eigenvalue weighted by atomic mass is 9.74. The van der Waals surface area contributed by atoms with Crippen LogP contribution < -0.4 is 10.1 Å². The van der Waals surface area contributed by atoms with E-state index < -0.39 is 36.1 Å². The van der Waals surface area contributed by atoms with Gasteiger partial charge in [-0.15, -0.1) is 0 Å². The van der Waals surface area contributed by atoms with E-state index in [1.54, 1.807) is 6.26 Å². The van der Waals surface area contributed by atoms with Crippen molar-refractivity contribution in [3.63, 3.8) is 0 Å². The second-order valence-corrected chi connectivity index (χ2v) is 9.51. The highest BCUT2D eigenvalue weighted by Crippen LogP contribution is 2.40. The summed E-state index contributed by atoms with van der Waals surface area (Å²) in [5, 5.41) is 3.40. The number of fused-ring (bicyclic) bond motifs is 2. The molecule has 0 spiro atoms. The molecule has 184 valence electrons. The minimum absolute atomic E-state index is 0.135. The van der Waals surface area contributed by atoms with E-state index in [9.17, 15) is 4.79 Å². The minimum atomic E-state index is -3.75. The van der Waals surface area contributed by atoms with Gasteiger partial charge < -0.3 is 23.8 Å². The average Bonchev–Trinajstić information content (AvgIpc) is 3.44. The van der Waals surface area contributed by atoms with Crippen molar-refractivity contribution in [1.82, 2.24) is 5.32 Å². The zero-order valence-electron chi connectivity index (χ0n) is 19.8. The van der Waals surface area contributed by atoms with Crippen LogP contribution in [0.3, 0.4) is 0 Å². The zero-order chi connectivity index (χ0) is 24.6. The fourth-order valence-electron chi connectivity index (χ4n) is 5.08. The lowest BCUT2D eigenvalue weighted by molar-refractivity contribution is -0.147. The molecule has 1 amide bonds. The van der Waals surface area contributed by atoms with Crippen molar-refractivity contribution < 1.29 is 32.0 Å². The first kappa shape index (κ1) is 23.8. The van der Waals surface area contributed by atoms with Crippen LogP contribution >= 0.6 is 0 Å². The molecule has 1 saturated carbocycles. The summed E-state index contributed by atoms with van der Waals surface area (Å²) in [5.41, 5.74) is 0.552. The first-order chi connectivity index (χ1) is 16.8. The second kappa shape index (κ2) is 9.28. The molecule has 9 heteroatoms. The molecule has 2 heterocycles. The Bertz CT molecular complexity index is 1200. The van der Waals surface area contributed by atoms with Crippen LogP contribution in [0.1, 0.15) is 43.7 Å². The summed E-state index contributed by atoms with van der Waals surface area (Å²) in [4.78, 5) is 12.9. The van der Waals surface area contributed by atoms with Crippen LogP contribution in [-0.4, -0.2) is 37.8 Å². The van der Waals surface area contributed by atoms with E-state index in [0.717, 1.165) is 36.6 Å². The molecule has 6 nitrogen and oxygen atoms in total. The quantitative estimate of drug-likeness (QED) is 0.477. The Morgan fingerprint density at radius 1 is 1.23 bits per heavy atom. The van der Waals surface area contributed by atoms with Crippen LogP contribution in [0.4, 0.5) is 8.78 Å². The Labute approximate surface area is 203 Å². The van der Waals surface area contributed by atoms with Crippen molar-refractivity contribution in [2.24, 2.45) is 0 Å². The third kappa shape index (κ3) is 4.55. The minimum Gasteiger partial charge on any atom is -0.497 e. The van der Waals surface area contributed by atoms with E-state index in [-0.39, 0.29) is 12.5 Å². The molecule has 1 aliphatic heterocycles. The van der Waals surface area contributed by atoms with E-state index in [1.165, 1.54) is 31.4 Å². The van der Waals surface area contributed by atoms with Crippen LogP contribution in [0.15, 0.2) is 59.2 Å². The number of benzene rings is 2. The van der Waals surface area contributed by atoms with Crippen LogP contribution in [0.2, 0.25) is 0 Å². The van der Waals surface area contributed by atoms with Crippen LogP contribution in [0.25, 0.3) is 11.0 Å². The van der Waals surface area contributed by atoms with Gasteiger partial charge in [-0.25, -0.2) is 0 Å². The zero-order valence-corrected chi connectivity index (χ0v) is 19.8. The number of ether oxygens (including phenoxy) is 1. The molecular weight excluding hydrogens is 455 g/mol. The maximum absolute atomic E-state index is 15.2. The molecular formula is C26H28BF2NO5. The SMILES string of the molecule is COc1ccc(C(F)(F)C(=O)NC(Cc2coc3ccccc23)B2OC3CCCC[C@]3(C)O2)cc1. The van der Waals surface area contributed by atoms with Gasteiger partial charge in [0, 0.05) is 10.9 Å². The highest BCUT2D eigenvalue weighted by atomic mass is 19.3. The van der Waals surface area contributed by atoms with Gasteiger partial charge in [-0.05, 0) is 62.1 Å². The monoisotopic (exact) mass is 483 g/mol. The molecule has 1 saturated heterocycles. The lowest BCUT2D eigenvalue weighted by Gasteiger charge is -2.34. The molecule has 1 aliphatic carbocycles. The number of furan rings is 1. The number of amides is 1. The van der Waals surface area contributed by atoms with Crippen molar-refractivity contribution in [3.05, 3.63) is 65.9 Å². The Kier molecular flexibility index (Phi) is 6.31. The highest BCUT2D eigenvalue weighted by Gasteiger charge is 2.53. The van der Waals surface area contributed by atoms with Gasteiger partial charge in [-0.3, -0.25) is 4.79 Å². The Morgan fingerprint density at radius 3 is 2.74 bits per heavy atom. The molecule has 5 rings (SSSR count). The first-order valence-corrected chi connectivity index (χ1v) is 11.9. The van der Waals surface area contributed by atoms with Crippen molar-refractivity contribution in [2.45, 2.75) is 62.6 Å². The molecule has 3 atom stereocenters. The van der Waals surface area contributed by atoms with Crippen LogP contribution in [0, 0.1) is 0 Å². The van der Waals surface area contributed by atoms with Crippen molar-refractivity contribution >= 4 is 24.0 Å². The second-order valence-electron chi connectivity index (χ2n) is 9.51. The van der Waals surface area contributed by atoms with Crippen molar-refractivity contribution in [1.29, 1.82) is 0 Å². The van der Waals surface area contributed by atoms with Gasteiger partial charge in [0.1, 0.15) is 11.3 Å². The summed E-state index contributed by atoms with van der Waals surface area (Å²) in [6.45, 7) is 1.99. The molecule has 0 bridgehead atoms. The van der Waals surface area contributed by atoms with Gasteiger partial charge in [0.2, 0.25) is 0 Å². The van der Waals surface area contributed by atoms with Gasteiger partial charge in [-0.1, -0.05) is 31.0 Å². The van der Waals surface area contributed by atoms with E-state index in [1.807, 2.05) is 31.2 Å². The van der Waals surface area contributed by atoms with Crippen molar-refractivity contribution in [2.75, 3.05) is 7.11 Å². The number of carbonyl (C=O) groups is 1. The average molecular weight is 483 g/mol. The summed E-state index contributed by atoms with van der Waals surface area (Å²) in [6.07, 6.45) is 5.38. The number of hydrogen-bond acceptors (Lipinski definition) is 5. The standard InChI is InChI=1S/C26H28BF2NO5/c1-25-14-6-5-9-22(25)34-27(35-25)23(15-17-16-33-21-8-4-3-7-20(17)21)30-24(31)26(28,29)18-10-12-19(32-2)13-11-18/h3-4,7-8,10-13,16,22-23H,5-6,9,14-15H2,1-2H3,(H,30,31)/t22?,23?,25-/m0/s1. The number of hydrogen-bond donors (Lipinski definition) is 1. The Balaban J connectivity index is 1.42. The van der Waals surface area contributed by atoms with E-state index in [4.69, 9.17) is 18.5 Å². The maximum Gasteiger partial charge on any atom is 0.482 e. The van der Waals surface area contributed by atoms with Crippen molar-refractivity contribution in [3.8, 4) is 5.75 Å². The van der Waals surface area contributed by atoms with Gasteiger partial charge in [0.05, 0.1) is 31.0 Å². The molecule has 2 fully saturated rings. The molecule has 2 unspecified atom stereocenters. The van der Waals surface area contributed by atoms with E-state index in [2.05, 4.69) is 5.32 Å². The van der Waals surface area contributed by atoms with Crippen LogP contribution in [0.5, 0.6) is 5.75 Å². The Morgan fingerprint density at radius 2 is 2.00 bits per heavy atom. The molecule has 1 N–H and O–H groups in total. The summed E-state index contributed by atoms with van der Waals surface area (Å²) >= 11 is 0. The summed E-state index contributed by atoms with van der Waals surface area (Å²) in [6, 6.07) is 12.7. The van der Waals surface area contributed by atoms with Gasteiger partial charge >= 0.3 is 13.0 Å². The van der Waals surface area contributed by atoms with Crippen LogP contribution in [-0.2, 0) is 26.4 Å². The first-order valence-electron chi connectivity index (χ1n) is 11.9. The van der Waals surface area contributed by atoms with E-state index in [0.29, 0.717) is 11.3 Å². The fourth-order valence-corrected chi connectivity index (χ4v) is 5.08. The third-order valence-corrected chi connectivity index (χ3v) is 7.14. The summed E-state index contributed by atoms with van der Waals surface area (Å²) in [5.74, 6) is -5.57. The number of methoxy groups -OCH3 is 1. The molecule has 0 radical (unpaired) electrons. The fraction of sp³-hybridized carbons (Fsp3) is 0.423. The maximum atomic E-state index is 15.2. The predicted molar refractivity (Wildman–Crippen MR) is 127 cm³/mol. The number of para-hydroxylation sites is 1. The van der Waals surface area contributed by atoms with Gasteiger partial charge in [0.25, 0.3) is 5.91 Å². The normalized spacial score (nSPS) is 23.2. The van der Waals surface area contributed by atoms with Gasteiger partial charge in [0.15, 0.2) is 0 Å². The smallest absolute Gasteiger partial charge is 0.482 e. The number of halogens is 2. The topological polar surface area (TPSA) is 69.9 Å². The third-order valence-electron chi connectivity index (χ3n) is 7.14. The van der Waals surface area contributed by atoms with E-state index >= 15 is 8.78 Å². The Hall–Kier alpha value is -2.91. The highest BCUT2D eigenvalue weighted by molar-refractivity contribution is 6.48. The molecule has 1 aromatic heterocycles. The molecule has 2 aliphatic rings. The predicted octanol–water partition coefficient (Wildman–Crippen LogP) is 5.04. The number of nitrogens with one attached hydrogen (secondary N) is 1. The molecule has 35 heavy (non-hydrogen) atoms. The number of carbonyl (C=O) groups excluding carboxylic acids is 1. The number of rotatable bonds is 7. The lowest BCUT2D eigenvalue weighted by Crippen LogP contribution is -2.53. The summed E-state index contributed by atoms with van der Waals surface area (Å²) < 4.78 is 53.5. The van der Waals surface area contributed by atoms with Gasteiger partial charge in [-0.2, -0.15) is 8.78 Å². The number of alkyl halides is 2. The molecule has 3 aromatic rings. The largest absolute Gasteiger partial charge is 0.497 e. The summed E-state index contributed by atoms with van der Waals surface area (Å²) in [7, 11) is 0.594.